The van der Waals surface area contributed by atoms with Gasteiger partial charge in [-0.25, -0.2) is 0 Å². The fraction of sp³-hybridized carbons (Fsp3) is 0.444. The average Bonchev–Trinajstić information content (AvgIpc) is 2.50. The molecule has 1 N–H and O–H groups in total. The molecule has 2 unspecified atom stereocenters. The summed E-state index contributed by atoms with van der Waals surface area (Å²) in [5, 5.41) is 3.69. The Labute approximate surface area is 116 Å². The molecule has 0 aromatic rings. The van der Waals surface area contributed by atoms with Crippen LogP contribution in [0.5, 0.6) is 0 Å². The maximum absolute atomic E-state index is 3.69. The van der Waals surface area contributed by atoms with Gasteiger partial charge in [-0.15, -0.1) is 0 Å². The Balaban J connectivity index is 1.55. The molecule has 0 heterocycles. The maximum atomic E-state index is 3.69. The van der Waals surface area contributed by atoms with Gasteiger partial charge in [0.2, 0.25) is 0 Å². The van der Waals surface area contributed by atoms with Gasteiger partial charge < -0.3 is 5.32 Å². The molecule has 0 aromatic carbocycles. The first kappa shape index (κ1) is 12.7. The monoisotopic (exact) mass is 253 g/mol. The number of rotatable bonds is 3. The Bertz CT molecular complexity index is 462. The van der Waals surface area contributed by atoms with E-state index in [4.69, 9.17) is 0 Å². The first-order chi connectivity index (χ1) is 9.42. The fourth-order valence-corrected chi connectivity index (χ4v) is 3.06. The van der Waals surface area contributed by atoms with Crippen molar-refractivity contribution in [2.24, 2.45) is 0 Å². The van der Waals surface area contributed by atoms with Crippen molar-refractivity contribution < 1.29 is 0 Å². The third-order valence-corrected chi connectivity index (χ3v) is 4.17. The second-order valence-corrected chi connectivity index (χ2v) is 5.66. The molecule has 0 spiro atoms. The van der Waals surface area contributed by atoms with E-state index in [0.717, 1.165) is 12.8 Å². The van der Waals surface area contributed by atoms with Crippen LogP contribution in [0.1, 0.15) is 38.5 Å². The van der Waals surface area contributed by atoms with Crippen LogP contribution in [0, 0.1) is 0 Å². The second kappa shape index (κ2) is 6.21. The van der Waals surface area contributed by atoms with Gasteiger partial charge in [0.1, 0.15) is 0 Å². The molecule has 0 bridgehead atoms. The Morgan fingerprint density at radius 3 is 2.58 bits per heavy atom. The lowest BCUT2D eigenvalue weighted by molar-refractivity contribution is 0.528. The highest BCUT2D eigenvalue weighted by Gasteiger charge is 2.15. The van der Waals surface area contributed by atoms with Gasteiger partial charge in [0.15, 0.2) is 0 Å². The van der Waals surface area contributed by atoms with Crippen LogP contribution in [0.4, 0.5) is 0 Å². The van der Waals surface area contributed by atoms with E-state index in [1.807, 2.05) is 0 Å². The normalized spacial score (nSPS) is 30.1. The molecule has 0 fully saturated rings. The Kier molecular flexibility index (Phi) is 4.14. The van der Waals surface area contributed by atoms with Crippen LogP contribution in [0.2, 0.25) is 0 Å². The fourth-order valence-electron chi connectivity index (χ4n) is 3.06. The first-order valence-electron chi connectivity index (χ1n) is 7.59. The molecule has 100 valence electrons. The summed E-state index contributed by atoms with van der Waals surface area (Å²) in [7, 11) is 0. The first-order valence-corrected chi connectivity index (χ1v) is 7.59. The maximum Gasteiger partial charge on any atom is 0.0293 e. The molecule has 3 aliphatic rings. The molecular weight excluding hydrogens is 230 g/mol. The van der Waals surface area contributed by atoms with Crippen molar-refractivity contribution >= 4 is 0 Å². The van der Waals surface area contributed by atoms with Crippen molar-refractivity contribution in [2.45, 2.75) is 50.6 Å². The van der Waals surface area contributed by atoms with Crippen LogP contribution in [0.15, 0.2) is 59.8 Å². The Morgan fingerprint density at radius 1 is 0.947 bits per heavy atom. The van der Waals surface area contributed by atoms with Gasteiger partial charge >= 0.3 is 0 Å². The molecule has 3 rings (SSSR count). The number of hydrogen-bond acceptors (Lipinski definition) is 1. The minimum absolute atomic E-state index is 0.495. The van der Waals surface area contributed by atoms with Crippen LogP contribution in [0.25, 0.3) is 0 Å². The van der Waals surface area contributed by atoms with E-state index in [-0.39, 0.29) is 0 Å². The summed E-state index contributed by atoms with van der Waals surface area (Å²) in [6.45, 7) is 0. The van der Waals surface area contributed by atoms with Crippen molar-refractivity contribution in [3.63, 3.8) is 0 Å². The van der Waals surface area contributed by atoms with E-state index >= 15 is 0 Å². The zero-order valence-electron chi connectivity index (χ0n) is 11.5. The van der Waals surface area contributed by atoms with E-state index in [1.54, 1.807) is 5.57 Å². The molecule has 0 aliphatic heterocycles. The van der Waals surface area contributed by atoms with Crippen molar-refractivity contribution in [1.82, 2.24) is 5.32 Å². The summed E-state index contributed by atoms with van der Waals surface area (Å²) in [6, 6.07) is 0.998. The number of allylic oxidation sites excluding steroid dienone is 6. The minimum atomic E-state index is 0.495. The van der Waals surface area contributed by atoms with Crippen molar-refractivity contribution in [1.29, 1.82) is 0 Å². The summed E-state index contributed by atoms with van der Waals surface area (Å²) in [4.78, 5) is 0. The topological polar surface area (TPSA) is 12.0 Å². The predicted octanol–water partition coefficient (Wildman–Crippen LogP) is 4.22. The quantitative estimate of drug-likeness (QED) is 0.794. The van der Waals surface area contributed by atoms with Gasteiger partial charge in [0.05, 0.1) is 0 Å². The number of nitrogens with one attached hydrogen (secondary N) is 1. The Morgan fingerprint density at radius 2 is 1.89 bits per heavy atom. The lowest BCUT2D eigenvalue weighted by Crippen LogP contribution is -2.36. The van der Waals surface area contributed by atoms with Crippen molar-refractivity contribution in [3.8, 4) is 0 Å². The lowest BCUT2D eigenvalue weighted by atomic mass is 9.89. The molecule has 19 heavy (non-hydrogen) atoms. The van der Waals surface area contributed by atoms with Gasteiger partial charge in [-0.1, -0.05) is 48.6 Å². The third kappa shape index (κ3) is 3.36. The zero-order valence-corrected chi connectivity index (χ0v) is 11.5. The standard InChI is InChI=1S/C18H23N/c1-3-7-15(8-4-1)16-11-13-18(14-12-16)19-17-9-5-2-6-10-17/h2,5-7,9,11-13,17-19H,1,3-4,8,10,14H2. The summed E-state index contributed by atoms with van der Waals surface area (Å²) in [6.07, 6.45) is 25.8. The second-order valence-electron chi connectivity index (χ2n) is 5.66. The molecule has 3 aliphatic carbocycles. The molecule has 2 atom stereocenters. The van der Waals surface area contributed by atoms with Crippen LogP contribution < -0.4 is 5.32 Å². The highest BCUT2D eigenvalue weighted by Crippen LogP contribution is 2.27. The molecule has 1 heteroatoms. The molecule has 0 saturated heterocycles. The highest BCUT2D eigenvalue weighted by molar-refractivity contribution is 5.43. The number of hydrogen-bond donors (Lipinski definition) is 1. The smallest absolute Gasteiger partial charge is 0.0293 e. The third-order valence-electron chi connectivity index (χ3n) is 4.17. The largest absolute Gasteiger partial charge is 0.304 e. The predicted molar refractivity (Wildman–Crippen MR) is 82.0 cm³/mol. The van der Waals surface area contributed by atoms with Gasteiger partial charge in [-0.3, -0.25) is 0 Å². The molecule has 0 amide bonds. The van der Waals surface area contributed by atoms with E-state index in [0.29, 0.717) is 12.1 Å². The van der Waals surface area contributed by atoms with Gasteiger partial charge in [-0.2, -0.15) is 0 Å². The summed E-state index contributed by atoms with van der Waals surface area (Å²) in [5.41, 5.74) is 3.04. The lowest BCUT2D eigenvalue weighted by Gasteiger charge is -2.24. The summed E-state index contributed by atoms with van der Waals surface area (Å²) in [5.74, 6) is 0. The highest BCUT2D eigenvalue weighted by atomic mass is 14.9. The van der Waals surface area contributed by atoms with Gasteiger partial charge in [-0.05, 0) is 49.7 Å². The molecule has 0 radical (unpaired) electrons. The van der Waals surface area contributed by atoms with E-state index in [9.17, 15) is 0 Å². The van der Waals surface area contributed by atoms with Crippen LogP contribution in [-0.4, -0.2) is 12.1 Å². The van der Waals surface area contributed by atoms with Crippen LogP contribution in [-0.2, 0) is 0 Å². The Hall–Kier alpha value is -1.34. The summed E-state index contributed by atoms with van der Waals surface area (Å²) < 4.78 is 0. The summed E-state index contributed by atoms with van der Waals surface area (Å²) >= 11 is 0. The van der Waals surface area contributed by atoms with Crippen LogP contribution in [0.3, 0.4) is 0 Å². The van der Waals surface area contributed by atoms with Crippen LogP contribution >= 0.6 is 0 Å². The molecule has 1 nitrogen and oxygen atoms in total. The van der Waals surface area contributed by atoms with Crippen molar-refractivity contribution in [2.75, 3.05) is 0 Å². The average molecular weight is 253 g/mol. The zero-order chi connectivity index (χ0) is 12.9. The molecule has 0 saturated carbocycles. The molecular formula is C18H23N. The van der Waals surface area contributed by atoms with E-state index < -0.39 is 0 Å². The van der Waals surface area contributed by atoms with Gasteiger partial charge in [0.25, 0.3) is 0 Å². The van der Waals surface area contributed by atoms with E-state index in [2.05, 4.69) is 53.9 Å². The van der Waals surface area contributed by atoms with Gasteiger partial charge in [0, 0.05) is 12.1 Å². The SMILES string of the molecule is C1=CCC(NC2C=CC(C3=CCCCC3)=CC2)C=C1. The minimum Gasteiger partial charge on any atom is -0.304 e. The van der Waals surface area contributed by atoms with E-state index in [1.165, 1.54) is 31.3 Å². The molecule has 0 aromatic heterocycles. The van der Waals surface area contributed by atoms with Crippen molar-refractivity contribution in [3.05, 3.63) is 59.8 Å².